The van der Waals surface area contributed by atoms with E-state index in [0.29, 0.717) is 28.2 Å². The van der Waals surface area contributed by atoms with Gasteiger partial charge < -0.3 is 15.4 Å². The molecule has 0 aliphatic heterocycles. The predicted octanol–water partition coefficient (Wildman–Crippen LogP) is 7.08. The van der Waals surface area contributed by atoms with Crippen LogP contribution in [0.1, 0.15) is 78.0 Å². The number of benzene rings is 2. The molecule has 0 bridgehead atoms. The van der Waals surface area contributed by atoms with Crippen molar-refractivity contribution in [3.8, 4) is 0 Å². The van der Waals surface area contributed by atoms with Gasteiger partial charge in [0.15, 0.2) is 5.11 Å². The first-order chi connectivity index (χ1) is 15.9. The van der Waals surface area contributed by atoms with Crippen molar-refractivity contribution < 1.29 is 9.53 Å². The molecule has 3 aromatic rings. The maximum absolute atomic E-state index is 12.6. The van der Waals surface area contributed by atoms with Gasteiger partial charge >= 0.3 is 5.97 Å². The van der Waals surface area contributed by atoms with Crippen LogP contribution in [0.15, 0.2) is 60.7 Å². The van der Waals surface area contributed by atoms with Crippen molar-refractivity contribution in [1.29, 1.82) is 0 Å². The second-order valence-electron chi connectivity index (χ2n) is 8.22. The predicted molar refractivity (Wildman–Crippen MR) is 142 cm³/mol. The molecule has 1 unspecified atom stereocenters. The molecule has 1 heterocycles. The van der Waals surface area contributed by atoms with Crippen molar-refractivity contribution in [1.82, 2.24) is 5.32 Å². The fraction of sp³-hybridized carbons (Fsp3) is 0.333. The Labute approximate surface area is 206 Å². The number of hydrogen-bond acceptors (Lipinski definition) is 4. The van der Waals surface area contributed by atoms with Gasteiger partial charge in [-0.1, -0.05) is 75.4 Å². The first-order valence-electron chi connectivity index (χ1n) is 11.4. The molecule has 6 heteroatoms. The van der Waals surface area contributed by atoms with Crippen molar-refractivity contribution in [3.63, 3.8) is 0 Å². The highest BCUT2D eigenvalue weighted by Crippen LogP contribution is 2.31. The van der Waals surface area contributed by atoms with E-state index in [1.807, 2.05) is 31.2 Å². The van der Waals surface area contributed by atoms with Gasteiger partial charge in [0.05, 0.1) is 18.2 Å². The fourth-order valence-corrected chi connectivity index (χ4v) is 5.00. The zero-order valence-corrected chi connectivity index (χ0v) is 21.3. The molecule has 2 N–H and O–H groups in total. The van der Waals surface area contributed by atoms with Crippen LogP contribution < -0.4 is 10.6 Å². The van der Waals surface area contributed by atoms with Gasteiger partial charge in [-0.3, -0.25) is 0 Å². The number of hydrogen-bond donors (Lipinski definition) is 2. The van der Waals surface area contributed by atoms with Crippen LogP contribution in [-0.2, 0) is 11.2 Å². The van der Waals surface area contributed by atoms with Crippen LogP contribution in [0.4, 0.5) is 5.00 Å². The van der Waals surface area contributed by atoms with E-state index in [1.54, 1.807) is 0 Å². The summed E-state index contributed by atoms with van der Waals surface area (Å²) in [7, 11) is 0. The number of esters is 1. The minimum absolute atomic E-state index is 0.0843. The molecule has 2 aromatic carbocycles. The van der Waals surface area contributed by atoms with Crippen molar-refractivity contribution in [2.75, 3.05) is 11.9 Å². The Balaban J connectivity index is 1.75. The first-order valence-corrected chi connectivity index (χ1v) is 12.6. The van der Waals surface area contributed by atoms with Crippen molar-refractivity contribution in [2.45, 2.75) is 52.5 Å². The molecule has 0 saturated carbocycles. The maximum Gasteiger partial charge on any atom is 0.341 e. The summed E-state index contributed by atoms with van der Waals surface area (Å²) in [5.74, 6) is 0.162. The molecule has 0 fully saturated rings. The summed E-state index contributed by atoms with van der Waals surface area (Å²) in [5, 5.41) is 7.87. The van der Waals surface area contributed by atoms with Gasteiger partial charge in [-0.05, 0) is 54.2 Å². The molecule has 174 valence electrons. The lowest BCUT2D eigenvalue weighted by molar-refractivity contribution is 0.0528. The standard InChI is InChI=1S/C27H32N2O2S2/c1-5-24(21-14-12-20(13-15-21)18(3)4)28-27(32)29-25-23(26(30)31-6-2)17-22(33-25)16-19-10-8-7-9-11-19/h7-15,17-18,24H,5-6,16H2,1-4H3,(H2,28,29,32). The van der Waals surface area contributed by atoms with Crippen LogP contribution in [0.2, 0.25) is 0 Å². The fourth-order valence-electron chi connectivity index (χ4n) is 3.61. The molecule has 1 aromatic heterocycles. The lowest BCUT2D eigenvalue weighted by Crippen LogP contribution is -2.32. The van der Waals surface area contributed by atoms with Crippen LogP contribution in [0.25, 0.3) is 0 Å². The van der Waals surface area contributed by atoms with E-state index in [2.05, 4.69) is 67.8 Å². The van der Waals surface area contributed by atoms with Gasteiger partial charge in [-0.2, -0.15) is 0 Å². The summed E-state index contributed by atoms with van der Waals surface area (Å²) in [6.07, 6.45) is 1.64. The van der Waals surface area contributed by atoms with Gasteiger partial charge in [0.2, 0.25) is 0 Å². The number of carbonyl (C=O) groups is 1. The normalized spacial score (nSPS) is 11.8. The summed E-state index contributed by atoms with van der Waals surface area (Å²) < 4.78 is 5.28. The SMILES string of the molecule is CCOC(=O)c1cc(Cc2ccccc2)sc1NC(=S)NC(CC)c1ccc(C(C)C)cc1. The molecule has 33 heavy (non-hydrogen) atoms. The Bertz CT molecular complexity index is 1060. The quantitative estimate of drug-likeness (QED) is 0.253. The second-order valence-corrected chi connectivity index (χ2v) is 9.76. The maximum atomic E-state index is 12.6. The average molecular weight is 481 g/mol. The van der Waals surface area contributed by atoms with Gasteiger partial charge in [0.25, 0.3) is 0 Å². The zero-order chi connectivity index (χ0) is 23.8. The van der Waals surface area contributed by atoms with E-state index < -0.39 is 0 Å². The second kappa shape index (κ2) is 12.0. The number of ether oxygens (including phenoxy) is 1. The highest BCUT2D eigenvalue weighted by atomic mass is 32.1. The Hall–Kier alpha value is -2.70. The largest absolute Gasteiger partial charge is 0.462 e. The van der Waals surface area contributed by atoms with Crippen molar-refractivity contribution in [2.24, 2.45) is 0 Å². The molecular formula is C27H32N2O2S2. The molecular weight excluding hydrogens is 448 g/mol. The van der Waals surface area contributed by atoms with Crippen molar-refractivity contribution in [3.05, 3.63) is 87.8 Å². The smallest absolute Gasteiger partial charge is 0.341 e. The number of nitrogens with one attached hydrogen (secondary N) is 2. The molecule has 0 amide bonds. The average Bonchev–Trinajstić information content (AvgIpc) is 3.20. The highest BCUT2D eigenvalue weighted by Gasteiger charge is 2.19. The van der Waals surface area contributed by atoms with Crippen LogP contribution in [0, 0.1) is 0 Å². The van der Waals surface area contributed by atoms with Crippen LogP contribution in [0.5, 0.6) is 0 Å². The monoisotopic (exact) mass is 480 g/mol. The van der Waals surface area contributed by atoms with Crippen LogP contribution in [0.3, 0.4) is 0 Å². The lowest BCUT2D eigenvalue weighted by Gasteiger charge is -2.20. The molecule has 0 aliphatic carbocycles. The summed E-state index contributed by atoms with van der Waals surface area (Å²) in [5.41, 5.74) is 4.22. The minimum atomic E-state index is -0.338. The Morgan fingerprint density at radius 3 is 2.30 bits per heavy atom. The number of thiophene rings is 1. The Kier molecular flexibility index (Phi) is 9.03. The summed E-state index contributed by atoms with van der Waals surface area (Å²) in [6.45, 7) is 8.65. The van der Waals surface area contributed by atoms with Gasteiger partial charge in [0, 0.05) is 11.3 Å². The van der Waals surface area contributed by atoms with Crippen molar-refractivity contribution >= 4 is 39.6 Å². The first kappa shape index (κ1) is 24.9. The van der Waals surface area contributed by atoms with E-state index >= 15 is 0 Å². The molecule has 0 saturated heterocycles. The minimum Gasteiger partial charge on any atom is -0.462 e. The zero-order valence-electron chi connectivity index (χ0n) is 19.7. The van der Waals surface area contributed by atoms with Crippen LogP contribution in [-0.4, -0.2) is 17.7 Å². The number of anilines is 1. The lowest BCUT2D eigenvalue weighted by atomic mass is 9.98. The van der Waals surface area contributed by atoms with Gasteiger partial charge in [0.1, 0.15) is 5.00 Å². The van der Waals surface area contributed by atoms with Crippen LogP contribution >= 0.6 is 23.6 Å². The van der Waals surface area contributed by atoms with E-state index in [-0.39, 0.29) is 12.0 Å². The molecule has 0 spiro atoms. The molecule has 0 radical (unpaired) electrons. The number of rotatable bonds is 9. The summed E-state index contributed by atoms with van der Waals surface area (Å²) in [4.78, 5) is 13.7. The van der Waals surface area contributed by atoms with E-state index in [4.69, 9.17) is 17.0 Å². The third-order valence-electron chi connectivity index (χ3n) is 5.45. The molecule has 0 aliphatic rings. The topological polar surface area (TPSA) is 50.4 Å². The highest BCUT2D eigenvalue weighted by molar-refractivity contribution is 7.80. The molecule has 3 rings (SSSR count). The Morgan fingerprint density at radius 1 is 1.03 bits per heavy atom. The summed E-state index contributed by atoms with van der Waals surface area (Å²) >= 11 is 7.16. The summed E-state index contributed by atoms with van der Waals surface area (Å²) in [6, 6.07) is 20.9. The molecule has 4 nitrogen and oxygen atoms in total. The van der Waals surface area contributed by atoms with Gasteiger partial charge in [-0.25, -0.2) is 4.79 Å². The van der Waals surface area contributed by atoms with E-state index in [9.17, 15) is 4.79 Å². The number of carbonyl (C=O) groups excluding carboxylic acids is 1. The third kappa shape index (κ3) is 6.89. The number of thiocarbonyl (C=S) groups is 1. The Morgan fingerprint density at radius 2 is 1.70 bits per heavy atom. The van der Waals surface area contributed by atoms with E-state index in [1.165, 1.54) is 28.0 Å². The third-order valence-corrected chi connectivity index (χ3v) is 6.72. The molecule has 1 atom stereocenters. The van der Waals surface area contributed by atoms with E-state index in [0.717, 1.165) is 17.7 Å². The van der Waals surface area contributed by atoms with Gasteiger partial charge in [-0.15, -0.1) is 11.3 Å².